The SMILES string of the molecule is C=CCc1cc(-c2cccc(/C=C/C(=O)O)c2)c(O)c(C(F)(F)F)c1. The van der Waals surface area contributed by atoms with Crippen molar-refractivity contribution in [1.82, 2.24) is 0 Å². The van der Waals surface area contributed by atoms with Crippen LogP contribution >= 0.6 is 0 Å². The summed E-state index contributed by atoms with van der Waals surface area (Å²) in [5, 5.41) is 18.8. The van der Waals surface area contributed by atoms with Gasteiger partial charge in [0.2, 0.25) is 0 Å². The van der Waals surface area contributed by atoms with E-state index in [0.717, 1.165) is 12.1 Å². The van der Waals surface area contributed by atoms with E-state index in [1.54, 1.807) is 18.2 Å². The van der Waals surface area contributed by atoms with E-state index in [-0.39, 0.29) is 12.0 Å². The Kier molecular flexibility index (Phi) is 5.32. The highest BCUT2D eigenvalue weighted by Gasteiger charge is 2.35. The average Bonchev–Trinajstić information content (AvgIpc) is 2.54. The molecule has 0 atom stereocenters. The van der Waals surface area contributed by atoms with Crippen molar-refractivity contribution in [3.63, 3.8) is 0 Å². The summed E-state index contributed by atoms with van der Waals surface area (Å²) in [6.45, 7) is 3.52. The summed E-state index contributed by atoms with van der Waals surface area (Å²) in [5.41, 5.74) is 0.107. The van der Waals surface area contributed by atoms with Gasteiger partial charge in [0.05, 0.1) is 5.56 Å². The maximum Gasteiger partial charge on any atom is 0.419 e. The molecule has 2 aromatic carbocycles. The van der Waals surface area contributed by atoms with Gasteiger partial charge in [-0.05, 0) is 47.4 Å². The molecule has 0 aliphatic heterocycles. The molecule has 130 valence electrons. The Hall–Kier alpha value is -3.02. The smallest absolute Gasteiger partial charge is 0.419 e. The number of halogens is 3. The molecule has 0 heterocycles. The summed E-state index contributed by atoms with van der Waals surface area (Å²) in [7, 11) is 0. The zero-order chi connectivity index (χ0) is 18.6. The number of hydrogen-bond acceptors (Lipinski definition) is 2. The van der Waals surface area contributed by atoms with Crippen LogP contribution in [-0.4, -0.2) is 16.2 Å². The van der Waals surface area contributed by atoms with Crippen LogP contribution in [0.1, 0.15) is 16.7 Å². The fraction of sp³-hybridized carbons (Fsp3) is 0.105. The maximum atomic E-state index is 13.2. The highest BCUT2D eigenvalue weighted by atomic mass is 19.4. The lowest BCUT2D eigenvalue weighted by atomic mass is 9.95. The highest BCUT2D eigenvalue weighted by Crippen LogP contribution is 2.42. The van der Waals surface area contributed by atoms with Crippen molar-refractivity contribution in [3.05, 3.63) is 71.8 Å². The topological polar surface area (TPSA) is 57.5 Å². The van der Waals surface area contributed by atoms with E-state index >= 15 is 0 Å². The van der Waals surface area contributed by atoms with Gasteiger partial charge in [-0.15, -0.1) is 6.58 Å². The van der Waals surface area contributed by atoms with Gasteiger partial charge < -0.3 is 10.2 Å². The first-order valence-corrected chi connectivity index (χ1v) is 7.28. The number of carbonyl (C=O) groups is 1. The average molecular weight is 348 g/mol. The molecule has 0 radical (unpaired) electrons. The highest BCUT2D eigenvalue weighted by molar-refractivity contribution is 5.86. The molecule has 0 aliphatic carbocycles. The standard InChI is InChI=1S/C19H15F3O3/c1-2-4-13-10-15(18(25)16(11-13)19(20,21)22)14-6-3-5-12(9-14)7-8-17(23)24/h2-3,5-11,25H,1,4H2,(H,23,24)/b8-7+. The zero-order valence-corrected chi connectivity index (χ0v) is 13.0. The number of rotatable bonds is 5. The Labute approximate surface area is 142 Å². The maximum absolute atomic E-state index is 13.2. The van der Waals surface area contributed by atoms with Crippen molar-refractivity contribution < 1.29 is 28.2 Å². The minimum atomic E-state index is -4.70. The predicted molar refractivity (Wildman–Crippen MR) is 89.1 cm³/mol. The predicted octanol–water partition coefficient (Wildman–Crippen LogP) is 4.90. The quantitative estimate of drug-likeness (QED) is 0.597. The second kappa shape index (κ2) is 7.25. The van der Waals surface area contributed by atoms with E-state index in [1.165, 1.54) is 24.3 Å². The number of aromatic hydroxyl groups is 1. The lowest BCUT2D eigenvalue weighted by Gasteiger charge is -2.15. The van der Waals surface area contributed by atoms with Gasteiger partial charge >= 0.3 is 12.1 Å². The van der Waals surface area contributed by atoms with Crippen LogP contribution in [-0.2, 0) is 17.4 Å². The second-order valence-corrected chi connectivity index (χ2v) is 5.33. The normalized spacial score (nSPS) is 11.6. The first-order chi connectivity index (χ1) is 11.7. The lowest BCUT2D eigenvalue weighted by molar-refractivity contribution is -0.138. The third-order valence-corrected chi connectivity index (χ3v) is 3.47. The van der Waals surface area contributed by atoms with E-state index in [2.05, 4.69) is 6.58 Å². The van der Waals surface area contributed by atoms with Crippen molar-refractivity contribution in [1.29, 1.82) is 0 Å². The Bertz CT molecular complexity index is 836. The number of carboxylic acid groups (broad SMARTS) is 1. The molecular formula is C19H15F3O3. The summed E-state index contributed by atoms with van der Waals surface area (Å²) >= 11 is 0. The molecular weight excluding hydrogens is 333 g/mol. The Morgan fingerprint density at radius 3 is 2.52 bits per heavy atom. The number of hydrogen-bond donors (Lipinski definition) is 2. The number of phenols is 1. The van der Waals surface area contributed by atoms with Crippen molar-refractivity contribution in [2.24, 2.45) is 0 Å². The molecule has 0 unspecified atom stereocenters. The molecule has 0 amide bonds. The Morgan fingerprint density at radius 2 is 1.92 bits per heavy atom. The van der Waals surface area contributed by atoms with Crippen molar-refractivity contribution in [3.8, 4) is 16.9 Å². The van der Waals surface area contributed by atoms with Crippen LogP contribution in [0.2, 0.25) is 0 Å². The van der Waals surface area contributed by atoms with Crippen LogP contribution in [0.5, 0.6) is 5.75 Å². The molecule has 2 N–H and O–H groups in total. The molecule has 0 aliphatic rings. The second-order valence-electron chi connectivity index (χ2n) is 5.33. The molecule has 0 saturated heterocycles. The van der Waals surface area contributed by atoms with Crippen molar-refractivity contribution >= 4 is 12.0 Å². The van der Waals surface area contributed by atoms with Gasteiger partial charge in [-0.3, -0.25) is 0 Å². The molecule has 0 saturated carbocycles. The van der Waals surface area contributed by atoms with Crippen LogP contribution in [0, 0.1) is 0 Å². The van der Waals surface area contributed by atoms with Crippen molar-refractivity contribution in [2.75, 3.05) is 0 Å². The largest absolute Gasteiger partial charge is 0.507 e. The molecule has 25 heavy (non-hydrogen) atoms. The molecule has 0 aromatic heterocycles. The summed E-state index contributed by atoms with van der Waals surface area (Å²) < 4.78 is 39.6. The molecule has 6 heteroatoms. The first-order valence-electron chi connectivity index (χ1n) is 7.28. The van der Waals surface area contributed by atoms with E-state index in [1.807, 2.05) is 0 Å². The van der Waals surface area contributed by atoms with Gasteiger partial charge in [0.15, 0.2) is 0 Å². The summed E-state index contributed by atoms with van der Waals surface area (Å²) in [5.74, 6) is -2.00. The molecule has 0 spiro atoms. The third kappa shape index (κ3) is 4.50. The van der Waals surface area contributed by atoms with Gasteiger partial charge in [0, 0.05) is 11.6 Å². The molecule has 2 aromatic rings. The summed E-state index contributed by atoms with van der Waals surface area (Å²) in [4.78, 5) is 10.6. The third-order valence-electron chi connectivity index (χ3n) is 3.47. The lowest BCUT2D eigenvalue weighted by Crippen LogP contribution is -2.07. The summed E-state index contributed by atoms with van der Waals surface area (Å²) in [6, 6.07) is 8.60. The Balaban J connectivity index is 2.61. The van der Waals surface area contributed by atoms with E-state index in [4.69, 9.17) is 5.11 Å². The molecule has 0 bridgehead atoms. The van der Waals surface area contributed by atoms with Gasteiger partial charge in [-0.25, -0.2) is 4.79 Å². The number of benzene rings is 2. The van der Waals surface area contributed by atoms with Gasteiger partial charge in [-0.1, -0.05) is 24.3 Å². The molecule has 3 nitrogen and oxygen atoms in total. The number of allylic oxidation sites excluding steroid dienone is 1. The van der Waals surface area contributed by atoms with E-state index in [0.29, 0.717) is 16.7 Å². The van der Waals surface area contributed by atoms with Crippen LogP contribution in [0.15, 0.2) is 55.1 Å². The van der Waals surface area contributed by atoms with Crippen LogP contribution < -0.4 is 0 Å². The number of aliphatic carboxylic acids is 1. The monoisotopic (exact) mass is 348 g/mol. The van der Waals surface area contributed by atoms with Crippen LogP contribution in [0.3, 0.4) is 0 Å². The van der Waals surface area contributed by atoms with Gasteiger partial charge in [-0.2, -0.15) is 13.2 Å². The van der Waals surface area contributed by atoms with Gasteiger partial charge in [0.25, 0.3) is 0 Å². The van der Waals surface area contributed by atoms with Crippen molar-refractivity contribution in [2.45, 2.75) is 12.6 Å². The number of alkyl halides is 3. The fourth-order valence-corrected chi connectivity index (χ4v) is 2.39. The molecule has 0 fully saturated rings. The minimum absolute atomic E-state index is 0.0252. The van der Waals surface area contributed by atoms with E-state index in [9.17, 15) is 23.1 Å². The number of phenolic OH excluding ortho intramolecular Hbond substituents is 1. The first kappa shape index (κ1) is 18.3. The minimum Gasteiger partial charge on any atom is -0.507 e. The van der Waals surface area contributed by atoms with Crippen LogP contribution in [0.4, 0.5) is 13.2 Å². The summed E-state index contributed by atoms with van der Waals surface area (Å²) in [6.07, 6.45) is -0.760. The van der Waals surface area contributed by atoms with E-state index < -0.39 is 23.5 Å². The Morgan fingerprint density at radius 1 is 1.20 bits per heavy atom. The number of carboxylic acids is 1. The zero-order valence-electron chi connectivity index (χ0n) is 13.0. The van der Waals surface area contributed by atoms with Gasteiger partial charge in [0.1, 0.15) is 5.75 Å². The van der Waals surface area contributed by atoms with Crippen LogP contribution in [0.25, 0.3) is 17.2 Å². The fourth-order valence-electron chi connectivity index (χ4n) is 2.39. The molecule has 2 rings (SSSR count).